The number of carbonyl (C=O) groups excluding carboxylic acids is 1. The van der Waals surface area contributed by atoms with Gasteiger partial charge in [-0.05, 0) is 32.9 Å². The van der Waals surface area contributed by atoms with E-state index in [1.807, 2.05) is 49.1 Å². The molecule has 0 radical (unpaired) electrons. The van der Waals surface area contributed by atoms with Crippen LogP contribution >= 0.6 is 11.8 Å². The van der Waals surface area contributed by atoms with E-state index in [0.717, 1.165) is 36.4 Å². The summed E-state index contributed by atoms with van der Waals surface area (Å²) in [7, 11) is 0. The van der Waals surface area contributed by atoms with Gasteiger partial charge >= 0.3 is 0 Å². The summed E-state index contributed by atoms with van der Waals surface area (Å²) in [5.74, 6) is 1.26. The van der Waals surface area contributed by atoms with E-state index in [9.17, 15) is 4.79 Å². The molecule has 2 heterocycles. The second kappa shape index (κ2) is 9.23. The van der Waals surface area contributed by atoms with Crippen molar-refractivity contribution in [3.63, 3.8) is 0 Å². The third-order valence-corrected chi connectivity index (χ3v) is 5.40. The molecule has 1 amide bonds. The van der Waals surface area contributed by atoms with Crippen LogP contribution in [0.15, 0.2) is 35.5 Å². The van der Waals surface area contributed by atoms with Crippen molar-refractivity contribution in [3.05, 3.63) is 30.3 Å². The molecule has 0 saturated carbocycles. The Hall–Kier alpha value is -2.06. The summed E-state index contributed by atoms with van der Waals surface area (Å²) in [5, 5.41) is 9.48. The lowest BCUT2D eigenvalue weighted by Crippen LogP contribution is -2.38. The zero-order chi connectivity index (χ0) is 19.2. The molecule has 1 fully saturated rings. The van der Waals surface area contributed by atoms with Crippen LogP contribution in [-0.2, 0) is 16.1 Å². The van der Waals surface area contributed by atoms with Crippen LogP contribution in [0.25, 0.3) is 0 Å². The molecule has 8 heteroatoms. The maximum absolute atomic E-state index is 12.9. The first kappa shape index (κ1) is 19.7. The van der Waals surface area contributed by atoms with Crippen LogP contribution in [0.3, 0.4) is 0 Å². The molecule has 146 valence electrons. The van der Waals surface area contributed by atoms with Gasteiger partial charge in [0.05, 0.1) is 19.0 Å². The van der Waals surface area contributed by atoms with Gasteiger partial charge in [-0.15, -0.1) is 10.2 Å². The number of para-hydroxylation sites is 1. The van der Waals surface area contributed by atoms with E-state index >= 15 is 0 Å². The smallest absolute Gasteiger partial charge is 0.237 e. The molecule has 0 unspecified atom stereocenters. The summed E-state index contributed by atoms with van der Waals surface area (Å²) < 4.78 is 7.49. The zero-order valence-electron chi connectivity index (χ0n) is 16.2. The Kier molecular flexibility index (Phi) is 6.73. The monoisotopic (exact) mass is 389 g/mol. The summed E-state index contributed by atoms with van der Waals surface area (Å²) in [6, 6.07) is 9.88. The second-order valence-corrected chi connectivity index (χ2v) is 7.55. The molecule has 1 saturated heterocycles. The fourth-order valence-corrected chi connectivity index (χ4v) is 4.03. The number of aromatic nitrogens is 3. The molecule has 0 aliphatic carbocycles. The first-order valence-corrected chi connectivity index (χ1v) is 10.4. The molecule has 1 aromatic carbocycles. The van der Waals surface area contributed by atoms with Crippen LogP contribution in [0.2, 0.25) is 0 Å². The number of nitrogens with zero attached hydrogens (tertiary/aromatic N) is 5. The number of amides is 1. The number of rotatable bonds is 7. The molecule has 0 atom stereocenters. The number of hydrogen-bond donors (Lipinski definition) is 0. The minimum Gasteiger partial charge on any atom is -0.378 e. The molecule has 2 aromatic rings. The van der Waals surface area contributed by atoms with Gasteiger partial charge in [-0.3, -0.25) is 9.36 Å². The number of morpholine rings is 1. The van der Waals surface area contributed by atoms with Gasteiger partial charge in [0.1, 0.15) is 0 Å². The van der Waals surface area contributed by atoms with E-state index in [1.54, 1.807) is 0 Å². The van der Waals surface area contributed by atoms with Crippen molar-refractivity contribution >= 4 is 29.3 Å². The number of anilines is 2. The Morgan fingerprint density at radius 3 is 2.56 bits per heavy atom. The summed E-state index contributed by atoms with van der Waals surface area (Å²) in [5.41, 5.74) is 0.920. The van der Waals surface area contributed by atoms with Gasteiger partial charge < -0.3 is 14.5 Å². The van der Waals surface area contributed by atoms with Gasteiger partial charge in [0.25, 0.3) is 0 Å². The molecular formula is C19H27N5O2S. The van der Waals surface area contributed by atoms with Crippen LogP contribution in [0, 0.1) is 0 Å². The summed E-state index contributed by atoms with van der Waals surface area (Å²) in [6.45, 7) is 9.94. The lowest BCUT2D eigenvalue weighted by Gasteiger charge is -2.28. The highest BCUT2D eigenvalue weighted by molar-refractivity contribution is 7.99. The van der Waals surface area contributed by atoms with Gasteiger partial charge in [-0.25, -0.2) is 0 Å². The van der Waals surface area contributed by atoms with Crippen molar-refractivity contribution in [2.24, 2.45) is 0 Å². The van der Waals surface area contributed by atoms with Crippen molar-refractivity contribution in [1.29, 1.82) is 0 Å². The van der Waals surface area contributed by atoms with Gasteiger partial charge in [0.15, 0.2) is 5.16 Å². The minimum absolute atomic E-state index is 0.0692. The lowest BCUT2D eigenvalue weighted by molar-refractivity contribution is -0.116. The quantitative estimate of drug-likeness (QED) is 0.679. The number of hydrogen-bond acceptors (Lipinski definition) is 6. The van der Waals surface area contributed by atoms with Crippen molar-refractivity contribution < 1.29 is 9.53 Å². The molecule has 0 spiro atoms. The Morgan fingerprint density at radius 2 is 1.93 bits per heavy atom. The van der Waals surface area contributed by atoms with Gasteiger partial charge in [-0.2, -0.15) is 0 Å². The van der Waals surface area contributed by atoms with Crippen molar-refractivity contribution in [2.45, 2.75) is 38.5 Å². The van der Waals surface area contributed by atoms with E-state index in [0.29, 0.717) is 19.0 Å². The fourth-order valence-electron chi connectivity index (χ4n) is 3.18. The Morgan fingerprint density at radius 1 is 1.22 bits per heavy atom. The topological polar surface area (TPSA) is 63.5 Å². The number of carbonyl (C=O) groups is 1. The Labute approximate surface area is 164 Å². The van der Waals surface area contributed by atoms with E-state index in [4.69, 9.17) is 4.74 Å². The van der Waals surface area contributed by atoms with E-state index in [1.165, 1.54) is 11.8 Å². The lowest BCUT2D eigenvalue weighted by atomic mass is 10.2. The number of benzene rings is 1. The Bertz CT molecular complexity index is 744. The molecule has 1 aliphatic heterocycles. The normalized spacial score (nSPS) is 14.6. The predicted molar refractivity (Wildman–Crippen MR) is 109 cm³/mol. The van der Waals surface area contributed by atoms with E-state index in [2.05, 4.69) is 26.6 Å². The summed E-state index contributed by atoms with van der Waals surface area (Å²) >= 11 is 1.45. The molecule has 1 aromatic heterocycles. The van der Waals surface area contributed by atoms with Gasteiger partial charge in [0.2, 0.25) is 11.9 Å². The predicted octanol–water partition coefficient (Wildman–Crippen LogP) is 2.67. The average molecular weight is 390 g/mol. The standard InChI is InChI=1S/C19H27N5O2S/c1-4-23-18(22-10-12-26-13-11-22)20-21-19(23)27-14-17(25)24(15(2)3)16-8-6-5-7-9-16/h5-9,15H,4,10-14H2,1-3H3. The molecule has 0 bridgehead atoms. The van der Waals surface area contributed by atoms with Crippen LogP contribution in [0.5, 0.6) is 0 Å². The molecule has 27 heavy (non-hydrogen) atoms. The van der Waals surface area contributed by atoms with Crippen molar-refractivity contribution in [3.8, 4) is 0 Å². The largest absolute Gasteiger partial charge is 0.378 e. The minimum atomic E-state index is 0.0692. The van der Waals surface area contributed by atoms with Crippen molar-refractivity contribution in [1.82, 2.24) is 14.8 Å². The van der Waals surface area contributed by atoms with Crippen LogP contribution in [0.1, 0.15) is 20.8 Å². The van der Waals surface area contributed by atoms with E-state index < -0.39 is 0 Å². The van der Waals surface area contributed by atoms with Crippen LogP contribution in [-0.4, -0.2) is 58.8 Å². The van der Waals surface area contributed by atoms with Crippen LogP contribution in [0.4, 0.5) is 11.6 Å². The highest BCUT2D eigenvalue weighted by atomic mass is 32.2. The molecule has 0 N–H and O–H groups in total. The third kappa shape index (κ3) is 4.62. The van der Waals surface area contributed by atoms with Gasteiger partial charge in [0, 0.05) is 31.4 Å². The zero-order valence-corrected chi connectivity index (χ0v) is 17.0. The first-order chi connectivity index (χ1) is 13.1. The maximum atomic E-state index is 12.9. The third-order valence-electron chi connectivity index (χ3n) is 4.45. The average Bonchev–Trinajstić information content (AvgIpc) is 3.10. The Balaban J connectivity index is 1.70. The maximum Gasteiger partial charge on any atom is 0.237 e. The SMILES string of the molecule is CCn1c(SCC(=O)N(c2ccccc2)C(C)C)nnc1N1CCOCC1. The molecule has 7 nitrogen and oxygen atoms in total. The van der Waals surface area contributed by atoms with Crippen molar-refractivity contribution in [2.75, 3.05) is 41.9 Å². The first-order valence-electron chi connectivity index (χ1n) is 9.37. The van der Waals surface area contributed by atoms with E-state index in [-0.39, 0.29) is 11.9 Å². The van der Waals surface area contributed by atoms with Gasteiger partial charge in [-0.1, -0.05) is 30.0 Å². The summed E-state index contributed by atoms with van der Waals surface area (Å²) in [6.07, 6.45) is 0. The molecule has 3 rings (SSSR count). The fraction of sp³-hybridized carbons (Fsp3) is 0.526. The second-order valence-electron chi connectivity index (χ2n) is 6.61. The number of thioether (sulfide) groups is 1. The highest BCUT2D eigenvalue weighted by Crippen LogP contribution is 2.24. The summed E-state index contributed by atoms with van der Waals surface area (Å²) in [4.78, 5) is 16.9. The highest BCUT2D eigenvalue weighted by Gasteiger charge is 2.23. The molecule has 1 aliphatic rings. The number of ether oxygens (including phenoxy) is 1. The molecular weight excluding hydrogens is 362 g/mol. The van der Waals surface area contributed by atoms with Crippen LogP contribution < -0.4 is 9.80 Å².